The maximum atomic E-state index is 11.3. The molecule has 0 aliphatic carbocycles. The highest BCUT2D eigenvalue weighted by atomic mass is 79.9. The van der Waals surface area contributed by atoms with Gasteiger partial charge in [0, 0.05) is 18.8 Å². The molecule has 0 bridgehead atoms. The van der Waals surface area contributed by atoms with Crippen molar-refractivity contribution in [2.24, 2.45) is 5.92 Å². The van der Waals surface area contributed by atoms with Crippen LogP contribution in [0.25, 0.3) is 0 Å². The number of ketones is 1. The predicted molar refractivity (Wildman–Crippen MR) is 54.6 cm³/mol. The number of furan rings is 1. The van der Waals surface area contributed by atoms with E-state index >= 15 is 0 Å². The van der Waals surface area contributed by atoms with Gasteiger partial charge in [-0.3, -0.25) is 4.79 Å². The Balaban J connectivity index is 2.44. The van der Waals surface area contributed by atoms with Crippen LogP contribution in [-0.4, -0.2) is 5.78 Å². The number of hydrogen-bond donors (Lipinski definition) is 0. The fraction of sp³-hybridized carbons (Fsp3) is 0.500. The molecule has 72 valence electrons. The summed E-state index contributed by atoms with van der Waals surface area (Å²) in [5.41, 5.74) is 0. The van der Waals surface area contributed by atoms with Crippen molar-refractivity contribution in [3.8, 4) is 0 Å². The molecule has 0 aliphatic rings. The molecule has 1 aromatic heterocycles. The summed E-state index contributed by atoms with van der Waals surface area (Å²) < 4.78 is 6.14. The van der Waals surface area contributed by atoms with Gasteiger partial charge in [-0.2, -0.15) is 0 Å². The van der Waals surface area contributed by atoms with Crippen molar-refractivity contribution < 1.29 is 9.21 Å². The second-order valence-corrected chi connectivity index (χ2v) is 4.17. The number of carbonyl (C=O) groups excluding carboxylic acids is 1. The largest absolute Gasteiger partial charge is 0.468 e. The smallest absolute Gasteiger partial charge is 0.135 e. The minimum absolute atomic E-state index is 0.119. The highest BCUT2D eigenvalue weighted by Gasteiger charge is 2.10. The fourth-order valence-electron chi connectivity index (χ4n) is 1.03. The zero-order chi connectivity index (χ0) is 9.84. The highest BCUT2D eigenvalue weighted by molar-refractivity contribution is 9.10. The van der Waals surface area contributed by atoms with E-state index in [2.05, 4.69) is 15.9 Å². The molecule has 0 amide bonds. The molecule has 0 spiro atoms. The van der Waals surface area contributed by atoms with Crippen molar-refractivity contribution in [3.05, 3.63) is 22.6 Å². The topological polar surface area (TPSA) is 30.2 Å². The molecule has 1 aromatic rings. The van der Waals surface area contributed by atoms with Gasteiger partial charge < -0.3 is 4.42 Å². The van der Waals surface area contributed by atoms with Gasteiger partial charge in [-0.15, -0.1) is 0 Å². The Morgan fingerprint density at radius 1 is 1.62 bits per heavy atom. The third kappa shape index (κ3) is 2.99. The van der Waals surface area contributed by atoms with Gasteiger partial charge in [0.25, 0.3) is 0 Å². The van der Waals surface area contributed by atoms with Gasteiger partial charge in [0.05, 0.1) is 10.7 Å². The quantitative estimate of drug-likeness (QED) is 0.815. The minimum atomic E-state index is 0.119. The summed E-state index contributed by atoms with van der Waals surface area (Å²) in [7, 11) is 0. The standard InChI is InChI=1S/C10H13BrO2/c1-7(2)9(12)3-4-10-8(11)5-6-13-10/h5-7H,3-4H2,1-2H3. The van der Waals surface area contributed by atoms with E-state index in [1.54, 1.807) is 6.26 Å². The lowest BCUT2D eigenvalue weighted by atomic mass is 10.0. The molecule has 0 unspecified atom stereocenters. The van der Waals surface area contributed by atoms with Gasteiger partial charge in [0.2, 0.25) is 0 Å². The molecule has 0 fully saturated rings. The lowest BCUT2D eigenvalue weighted by Gasteiger charge is -2.01. The zero-order valence-electron chi connectivity index (χ0n) is 7.84. The Labute approximate surface area is 86.4 Å². The SMILES string of the molecule is CC(C)C(=O)CCc1occc1Br. The molecule has 0 aromatic carbocycles. The summed E-state index contributed by atoms with van der Waals surface area (Å²) in [5, 5.41) is 0. The number of rotatable bonds is 4. The van der Waals surface area contributed by atoms with Crippen LogP contribution in [0.4, 0.5) is 0 Å². The number of halogens is 1. The van der Waals surface area contributed by atoms with Crippen LogP contribution < -0.4 is 0 Å². The molecule has 0 saturated carbocycles. The second-order valence-electron chi connectivity index (χ2n) is 3.31. The Bertz CT molecular complexity index is 289. The summed E-state index contributed by atoms with van der Waals surface area (Å²) in [6.07, 6.45) is 2.87. The van der Waals surface area contributed by atoms with Crippen LogP contribution in [-0.2, 0) is 11.2 Å². The third-order valence-corrected chi connectivity index (χ3v) is 2.64. The first-order valence-electron chi connectivity index (χ1n) is 4.36. The summed E-state index contributed by atoms with van der Waals surface area (Å²) in [4.78, 5) is 11.3. The van der Waals surface area contributed by atoms with Gasteiger partial charge in [-0.1, -0.05) is 13.8 Å². The van der Waals surface area contributed by atoms with E-state index in [0.29, 0.717) is 12.8 Å². The summed E-state index contributed by atoms with van der Waals surface area (Å²) in [6.45, 7) is 3.83. The van der Waals surface area contributed by atoms with E-state index in [1.807, 2.05) is 19.9 Å². The summed E-state index contributed by atoms with van der Waals surface area (Å²) in [5.74, 6) is 1.26. The molecule has 0 N–H and O–H groups in total. The first kappa shape index (κ1) is 10.5. The first-order valence-corrected chi connectivity index (χ1v) is 5.15. The number of Topliss-reactive ketones (excluding diaryl/α,β-unsaturated/α-hetero) is 1. The number of hydrogen-bond acceptors (Lipinski definition) is 2. The normalized spacial score (nSPS) is 10.8. The highest BCUT2D eigenvalue weighted by Crippen LogP contribution is 2.19. The van der Waals surface area contributed by atoms with E-state index in [1.165, 1.54) is 0 Å². The van der Waals surface area contributed by atoms with E-state index in [-0.39, 0.29) is 11.7 Å². The van der Waals surface area contributed by atoms with E-state index in [9.17, 15) is 4.79 Å². The van der Waals surface area contributed by atoms with Crippen molar-refractivity contribution in [3.63, 3.8) is 0 Å². The van der Waals surface area contributed by atoms with Gasteiger partial charge in [0.1, 0.15) is 11.5 Å². The van der Waals surface area contributed by atoms with E-state index in [0.717, 1.165) is 10.2 Å². The van der Waals surface area contributed by atoms with Crippen LogP contribution in [0.2, 0.25) is 0 Å². The van der Waals surface area contributed by atoms with Crippen molar-refractivity contribution in [1.29, 1.82) is 0 Å². The Hall–Kier alpha value is -0.570. The van der Waals surface area contributed by atoms with E-state index in [4.69, 9.17) is 4.42 Å². The van der Waals surface area contributed by atoms with Crippen LogP contribution in [0.1, 0.15) is 26.0 Å². The molecular formula is C10H13BrO2. The fourth-order valence-corrected chi connectivity index (χ4v) is 1.43. The molecule has 0 aliphatic heterocycles. The second kappa shape index (κ2) is 4.61. The van der Waals surface area contributed by atoms with Gasteiger partial charge in [-0.25, -0.2) is 0 Å². The molecule has 1 rings (SSSR count). The molecular weight excluding hydrogens is 232 g/mol. The Morgan fingerprint density at radius 2 is 2.31 bits per heavy atom. The molecule has 0 saturated heterocycles. The summed E-state index contributed by atoms with van der Waals surface area (Å²) >= 11 is 3.35. The molecule has 13 heavy (non-hydrogen) atoms. The average molecular weight is 245 g/mol. The monoisotopic (exact) mass is 244 g/mol. The van der Waals surface area contributed by atoms with Crippen LogP contribution in [0.5, 0.6) is 0 Å². The Kier molecular flexibility index (Phi) is 3.72. The minimum Gasteiger partial charge on any atom is -0.468 e. The molecule has 0 radical (unpaired) electrons. The zero-order valence-corrected chi connectivity index (χ0v) is 9.43. The van der Waals surface area contributed by atoms with Crippen LogP contribution in [0.3, 0.4) is 0 Å². The molecule has 2 nitrogen and oxygen atoms in total. The molecule has 1 heterocycles. The van der Waals surface area contributed by atoms with Crippen LogP contribution >= 0.6 is 15.9 Å². The van der Waals surface area contributed by atoms with Gasteiger partial charge in [-0.05, 0) is 22.0 Å². The maximum absolute atomic E-state index is 11.3. The predicted octanol–water partition coefficient (Wildman–Crippen LogP) is 3.20. The van der Waals surface area contributed by atoms with Crippen molar-refractivity contribution in [2.75, 3.05) is 0 Å². The lowest BCUT2D eigenvalue weighted by Crippen LogP contribution is -2.07. The number of aryl methyl sites for hydroxylation is 1. The van der Waals surface area contributed by atoms with E-state index < -0.39 is 0 Å². The van der Waals surface area contributed by atoms with Crippen molar-refractivity contribution >= 4 is 21.7 Å². The maximum Gasteiger partial charge on any atom is 0.135 e. The number of carbonyl (C=O) groups is 1. The van der Waals surface area contributed by atoms with Crippen LogP contribution in [0, 0.1) is 5.92 Å². The van der Waals surface area contributed by atoms with Gasteiger partial charge in [0.15, 0.2) is 0 Å². The van der Waals surface area contributed by atoms with Crippen molar-refractivity contribution in [1.82, 2.24) is 0 Å². The van der Waals surface area contributed by atoms with Crippen molar-refractivity contribution in [2.45, 2.75) is 26.7 Å². The van der Waals surface area contributed by atoms with Gasteiger partial charge >= 0.3 is 0 Å². The lowest BCUT2D eigenvalue weighted by molar-refractivity contribution is -0.121. The first-order chi connectivity index (χ1) is 6.11. The molecule has 3 heteroatoms. The average Bonchev–Trinajstić information content (AvgIpc) is 2.47. The molecule has 0 atom stereocenters. The Morgan fingerprint density at radius 3 is 2.77 bits per heavy atom. The third-order valence-electron chi connectivity index (χ3n) is 1.93. The van der Waals surface area contributed by atoms with Crippen LogP contribution in [0.15, 0.2) is 21.2 Å². The summed E-state index contributed by atoms with van der Waals surface area (Å²) in [6, 6.07) is 1.84.